The molecule has 0 atom stereocenters. The third-order valence-electron chi connectivity index (χ3n) is 5.16. The van der Waals surface area contributed by atoms with E-state index in [1.807, 2.05) is 47.8 Å². The molecule has 2 aromatic carbocycles. The first kappa shape index (κ1) is 21.6. The summed E-state index contributed by atoms with van der Waals surface area (Å²) in [7, 11) is 4.89. The number of rotatable bonds is 8. The molecule has 0 unspecified atom stereocenters. The predicted molar refractivity (Wildman–Crippen MR) is 122 cm³/mol. The quantitative estimate of drug-likeness (QED) is 0.379. The number of benzene rings is 2. The lowest BCUT2D eigenvalue weighted by atomic mass is 10.2. The van der Waals surface area contributed by atoms with Gasteiger partial charge in [-0.15, -0.1) is 11.3 Å². The molecule has 0 bridgehead atoms. The average Bonchev–Trinajstić information content (AvgIpc) is 3.39. The number of aryl methyl sites for hydroxylation is 2. The molecule has 166 valence electrons. The number of hydrogen-bond acceptors (Lipinski definition) is 7. The van der Waals surface area contributed by atoms with Crippen LogP contribution in [0.2, 0.25) is 0 Å². The SMILES string of the molecule is COc1cccc(-c2nc(COC(=O)CCn3c(=O)n(C)c4ccccc43)cs2)c1OC. The van der Waals surface area contributed by atoms with Gasteiger partial charge in [-0.1, -0.05) is 18.2 Å². The van der Waals surface area contributed by atoms with Crippen LogP contribution < -0.4 is 15.2 Å². The molecule has 0 amide bonds. The van der Waals surface area contributed by atoms with E-state index in [1.165, 1.54) is 11.3 Å². The zero-order valence-corrected chi connectivity index (χ0v) is 18.8. The van der Waals surface area contributed by atoms with Crippen LogP contribution in [0, 0.1) is 0 Å². The highest BCUT2D eigenvalue weighted by atomic mass is 32.1. The van der Waals surface area contributed by atoms with E-state index in [0.717, 1.165) is 21.6 Å². The van der Waals surface area contributed by atoms with Crippen molar-refractivity contribution in [2.45, 2.75) is 19.6 Å². The van der Waals surface area contributed by atoms with Gasteiger partial charge in [-0.05, 0) is 24.3 Å². The fraction of sp³-hybridized carbons (Fsp3) is 0.261. The summed E-state index contributed by atoms with van der Waals surface area (Å²) >= 11 is 1.43. The van der Waals surface area contributed by atoms with Crippen LogP contribution in [0.15, 0.2) is 52.6 Å². The van der Waals surface area contributed by atoms with Crippen LogP contribution in [0.25, 0.3) is 21.6 Å². The monoisotopic (exact) mass is 453 g/mol. The molecule has 32 heavy (non-hydrogen) atoms. The first-order valence-corrected chi connectivity index (χ1v) is 10.9. The number of thiazole rings is 1. The Morgan fingerprint density at radius 3 is 2.59 bits per heavy atom. The van der Waals surface area contributed by atoms with Crippen molar-refractivity contribution in [3.63, 3.8) is 0 Å². The molecule has 0 saturated heterocycles. The third-order valence-corrected chi connectivity index (χ3v) is 6.08. The van der Waals surface area contributed by atoms with Crippen LogP contribution in [0.1, 0.15) is 12.1 Å². The topological polar surface area (TPSA) is 84.6 Å². The van der Waals surface area contributed by atoms with E-state index < -0.39 is 5.97 Å². The molecule has 4 aromatic rings. The maximum atomic E-state index is 12.5. The van der Waals surface area contributed by atoms with E-state index in [0.29, 0.717) is 17.2 Å². The zero-order valence-electron chi connectivity index (χ0n) is 18.0. The van der Waals surface area contributed by atoms with Crippen molar-refractivity contribution < 1.29 is 19.0 Å². The normalized spacial score (nSPS) is 11.0. The van der Waals surface area contributed by atoms with Crippen LogP contribution in [0.4, 0.5) is 0 Å². The third kappa shape index (κ3) is 4.11. The fourth-order valence-electron chi connectivity index (χ4n) is 3.56. The Morgan fingerprint density at radius 2 is 1.84 bits per heavy atom. The van der Waals surface area contributed by atoms with Crippen molar-refractivity contribution in [1.29, 1.82) is 0 Å². The predicted octanol–water partition coefficient (Wildman–Crippen LogP) is 3.61. The van der Waals surface area contributed by atoms with Gasteiger partial charge in [-0.25, -0.2) is 9.78 Å². The van der Waals surface area contributed by atoms with E-state index in [2.05, 4.69) is 4.98 Å². The van der Waals surface area contributed by atoms with Crippen molar-refractivity contribution >= 4 is 28.3 Å². The summed E-state index contributed by atoms with van der Waals surface area (Å²) < 4.78 is 19.4. The molecule has 0 fully saturated rings. The zero-order chi connectivity index (χ0) is 22.7. The van der Waals surface area contributed by atoms with Crippen LogP contribution >= 0.6 is 11.3 Å². The molecule has 0 aliphatic heterocycles. The van der Waals surface area contributed by atoms with E-state index in [9.17, 15) is 9.59 Å². The number of methoxy groups -OCH3 is 2. The Kier molecular flexibility index (Phi) is 6.27. The molecule has 4 rings (SSSR count). The van der Waals surface area contributed by atoms with Gasteiger partial charge in [0.05, 0.1) is 42.9 Å². The van der Waals surface area contributed by atoms with Gasteiger partial charge in [0.15, 0.2) is 11.5 Å². The molecule has 0 saturated carbocycles. The van der Waals surface area contributed by atoms with Crippen molar-refractivity contribution in [3.8, 4) is 22.1 Å². The van der Waals surface area contributed by atoms with E-state index >= 15 is 0 Å². The lowest BCUT2D eigenvalue weighted by Gasteiger charge is -2.10. The number of hydrogen-bond donors (Lipinski definition) is 0. The smallest absolute Gasteiger partial charge is 0.328 e. The summed E-state index contributed by atoms with van der Waals surface area (Å²) in [5, 5.41) is 2.59. The van der Waals surface area contributed by atoms with Crippen molar-refractivity contribution in [1.82, 2.24) is 14.1 Å². The van der Waals surface area contributed by atoms with E-state index in [1.54, 1.807) is 30.4 Å². The highest BCUT2D eigenvalue weighted by Crippen LogP contribution is 2.39. The Labute approximate surface area is 188 Å². The standard InChI is InChI=1S/C23H23N3O5S/c1-25-17-8-4-5-9-18(17)26(23(25)28)12-11-20(27)31-13-15-14-32-22(24-15)16-7-6-10-19(29-2)21(16)30-3/h4-10,14H,11-13H2,1-3H3. The number of esters is 1. The number of carbonyl (C=O) groups excluding carboxylic acids is 1. The first-order valence-electron chi connectivity index (χ1n) is 9.99. The molecule has 0 N–H and O–H groups in total. The molecule has 2 heterocycles. The molecule has 9 heteroatoms. The second-order valence-corrected chi connectivity index (χ2v) is 7.94. The summed E-state index contributed by atoms with van der Waals surface area (Å²) in [6.45, 7) is 0.314. The molecule has 8 nitrogen and oxygen atoms in total. The average molecular weight is 454 g/mol. The summed E-state index contributed by atoms with van der Waals surface area (Å²) in [5.74, 6) is 0.837. The van der Waals surface area contributed by atoms with E-state index in [4.69, 9.17) is 14.2 Å². The summed E-state index contributed by atoms with van der Waals surface area (Å²) in [6.07, 6.45) is 0.0919. The second kappa shape index (κ2) is 9.27. The Morgan fingerprint density at radius 1 is 1.06 bits per heavy atom. The second-order valence-electron chi connectivity index (χ2n) is 7.08. The number of imidazole rings is 1. The number of aromatic nitrogens is 3. The number of ether oxygens (including phenoxy) is 3. The van der Waals surface area contributed by atoms with Crippen molar-refractivity contribution in [2.75, 3.05) is 14.2 Å². The Balaban J connectivity index is 1.40. The summed E-state index contributed by atoms with van der Waals surface area (Å²) in [5.41, 5.74) is 2.92. The highest BCUT2D eigenvalue weighted by molar-refractivity contribution is 7.13. The van der Waals surface area contributed by atoms with Crippen LogP contribution in [-0.4, -0.2) is 34.3 Å². The van der Waals surface area contributed by atoms with Crippen molar-refractivity contribution in [2.24, 2.45) is 7.05 Å². The minimum absolute atomic E-state index is 0.0616. The minimum Gasteiger partial charge on any atom is -0.493 e. The maximum Gasteiger partial charge on any atom is 0.328 e. The van der Waals surface area contributed by atoms with Gasteiger partial charge in [-0.2, -0.15) is 0 Å². The van der Waals surface area contributed by atoms with Gasteiger partial charge in [-0.3, -0.25) is 13.9 Å². The number of nitrogens with zero attached hydrogens (tertiary/aromatic N) is 3. The Bertz CT molecular complexity index is 1320. The number of fused-ring (bicyclic) bond motifs is 1. The van der Waals surface area contributed by atoms with Gasteiger partial charge in [0, 0.05) is 19.0 Å². The molecule has 0 aliphatic carbocycles. The molecule has 0 spiro atoms. The lowest BCUT2D eigenvalue weighted by molar-refractivity contribution is -0.145. The molecule has 0 radical (unpaired) electrons. The van der Waals surface area contributed by atoms with E-state index in [-0.39, 0.29) is 25.3 Å². The van der Waals surface area contributed by atoms with Gasteiger partial charge >= 0.3 is 11.7 Å². The van der Waals surface area contributed by atoms with Crippen molar-refractivity contribution in [3.05, 3.63) is 64.0 Å². The summed E-state index contributed by atoms with van der Waals surface area (Å²) in [4.78, 5) is 29.3. The molecule has 0 aliphatic rings. The van der Waals surface area contributed by atoms with Crippen LogP contribution in [0.3, 0.4) is 0 Å². The first-order chi connectivity index (χ1) is 15.5. The minimum atomic E-state index is -0.390. The summed E-state index contributed by atoms with van der Waals surface area (Å²) in [6, 6.07) is 13.1. The fourth-order valence-corrected chi connectivity index (χ4v) is 4.39. The molecule has 2 aromatic heterocycles. The lowest BCUT2D eigenvalue weighted by Crippen LogP contribution is -2.23. The number of carbonyl (C=O) groups is 1. The number of para-hydroxylation sites is 3. The van der Waals surface area contributed by atoms with Crippen LogP contribution in [0.5, 0.6) is 11.5 Å². The maximum absolute atomic E-state index is 12.5. The largest absolute Gasteiger partial charge is 0.493 e. The van der Waals surface area contributed by atoms with Gasteiger partial charge < -0.3 is 14.2 Å². The van der Waals surface area contributed by atoms with Gasteiger partial charge in [0.1, 0.15) is 11.6 Å². The Hall–Kier alpha value is -3.59. The molecular formula is C23H23N3O5S. The molecular weight excluding hydrogens is 430 g/mol. The highest BCUT2D eigenvalue weighted by Gasteiger charge is 2.16. The van der Waals surface area contributed by atoms with Crippen LogP contribution in [-0.2, 0) is 29.7 Å². The van der Waals surface area contributed by atoms with Gasteiger partial charge in [0.2, 0.25) is 0 Å². The van der Waals surface area contributed by atoms with Gasteiger partial charge in [0.25, 0.3) is 0 Å².